The molecule has 2 heterocycles. The fourth-order valence-corrected chi connectivity index (χ4v) is 2.65. The number of anilines is 1. The van der Waals surface area contributed by atoms with Gasteiger partial charge in [-0.25, -0.2) is 9.78 Å². The number of carboxylic acids is 1. The molecule has 1 atom stereocenters. The summed E-state index contributed by atoms with van der Waals surface area (Å²) in [6.45, 7) is 4.02. The SMILES string of the molecule is CCCc1cc(C(=O)O)cc(NCC2CCCN2C)n1. The van der Waals surface area contributed by atoms with E-state index in [1.54, 1.807) is 12.1 Å². The van der Waals surface area contributed by atoms with Gasteiger partial charge < -0.3 is 15.3 Å². The zero-order valence-electron chi connectivity index (χ0n) is 12.2. The Kier molecular flexibility index (Phi) is 4.95. The molecular weight excluding hydrogens is 254 g/mol. The van der Waals surface area contributed by atoms with E-state index >= 15 is 0 Å². The predicted molar refractivity (Wildman–Crippen MR) is 79.3 cm³/mol. The van der Waals surface area contributed by atoms with E-state index in [2.05, 4.69) is 29.2 Å². The molecule has 0 bridgehead atoms. The summed E-state index contributed by atoms with van der Waals surface area (Å²) in [5.74, 6) is -0.223. The topological polar surface area (TPSA) is 65.5 Å². The van der Waals surface area contributed by atoms with Gasteiger partial charge in [-0.2, -0.15) is 0 Å². The van der Waals surface area contributed by atoms with Crippen molar-refractivity contribution in [2.75, 3.05) is 25.5 Å². The number of rotatable bonds is 6. The quantitative estimate of drug-likeness (QED) is 0.835. The molecule has 2 N–H and O–H groups in total. The number of hydrogen-bond acceptors (Lipinski definition) is 4. The Balaban J connectivity index is 2.07. The van der Waals surface area contributed by atoms with Crippen LogP contribution in [0.15, 0.2) is 12.1 Å². The first kappa shape index (κ1) is 14.8. The number of aryl methyl sites for hydroxylation is 1. The van der Waals surface area contributed by atoms with Crippen LogP contribution in [0.5, 0.6) is 0 Å². The normalized spacial score (nSPS) is 19.2. The van der Waals surface area contributed by atoms with Crippen molar-refractivity contribution in [1.29, 1.82) is 0 Å². The Morgan fingerprint density at radius 3 is 2.95 bits per heavy atom. The number of nitrogens with one attached hydrogen (secondary N) is 1. The minimum absolute atomic E-state index is 0.311. The van der Waals surface area contributed by atoms with E-state index in [9.17, 15) is 4.79 Å². The van der Waals surface area contributed by atoms with E-state index in [4.69, 9.17) is 5.11 Å². The number of pyridine rings is 1. The highest BCUT2D eigenvalue weighted by Crippen LogP contribution is 2.17. The third-order valence-electron chi connectivity index (χ3n) is 3.82. The Bertz CT molecular complexity index is 476. The Morgan fingerprint density at radius 2 is 2.35 bits per heavy atom. The average molecular weight is 277 g/mol. The van der Waals surface area contributed by atoms with E-state index in [-0.39, 0.29) is 0 Å². The van der Waals surface area contributed by atoms with Gasteiger partial charge in [0.25, 0.3) is 0 Å². The van der Waals surface area contributed by atoms with E-state index in [1.165, 1.54) is 12.8 Å². The standard InChI is InChI=1S/C15H23N3O2/c1-3-5-12-8-11(15(19)20)9-14(17-12)16-10-13-6-4-7-18(13)2/h8-9,13H,3-7,10H2,1-2H3,(H,16,17)(H,19,20). The molecule has 0 aliphatic carbocycles. The molecule has 5 nitrogen and oxygen atoms in total. The van der Waals surface area contributed by atoms with Crippen molar-refractivity contribution < 1.29 is 9.90 Å². The van der Waals surface area contributed by atoms with Gasteiger partial charge in [-0.05, 0) is 45.0 Å². The van der Waals surface area contributed by atoms with E-state index < -0.39 is 5.97 Å². The second-order valence-corrected chi connectivity index (χ2v) is 5.45. The molecule has 1 unspecified atom stereocenters. The van der Waals surface area contributed by atoms with Gasteiger partial charge in [-0.15, -0.1) is 0 Å². The number of nitrogens with zero attached hydrogens (tertiary/aromatic N) is 2. The number of carboxylic acid groups (broad SMARTS) is 1. The molecule has 0 spiro atoms. The molecule has 1 aromatic rings. The second kappa shape index (κ2) is 6.70. The summed E-state index contributed by atoms with van der Waals surface area (Å²) >= 11 is 0. The molecular formula is C15H23N3O2. The number of aromatic carboxylic acids is 1. The van der Waals surface area contributed by atoms with E-state index in [1.807, 2.05) is 0 Å². The maximum atomic E-state index is 11.2. The molecule has 110 valence electrons. The third kappa shape index (κ3) is 3.70. The molecule has 1 saturated heterocycles. The van der Waals surface area contributed by atoms with Crippen LogP contribution in [-0.4, -0.2) is 47.1 Å². The molecule has 1 aliphatic rings. The number of carbonyl (C=O) groups is 1. The highest BCUT2D eigenvalue weighted by molar-refractivity contribution is 5.88. The van der Waals surface area contributed by atoms with Gasteiger partial charge in [0.2, 0.25) is 0 Å². The maximum absolute atomic E-state index is 11.2. The van der Waals surface area contributed by atoms with Crippen molar-refractivity contribution in [2.45, 2.75) is 38.6 Å². The van der Waals surface area contributed by atoms with Crippen molar-refractivity contribution in [3.63, 3.8) is 0 Å². The molecule has 0 amide bonds. The lowest BCUT2D eigenvalue weighted by Gasteiger charge is -2.20. The highest BCUT2D eigenvalue weighted by atomic mass is 16.4. The first-order chi connectivity index (χ1) is 9.60. The molecule has 1 aliphatic heterocycles. The Labute approximate surface area is 120 Å². The second-order valence-electron chi connectivity index (χ2n) is 5.45. The first-order valence-electron chi connectivity index (χ1n) is 7.28. The summed E-state index contributed by atoms with van der Waals surface area (Å²) in [6, 6.07) is 3.80. The van der Waals surface area contributed by atoms with Crippen LogP contribution in [0.4, 0.5) is 5.82 Å². The Hall–Kier alpha value is -1.62. The van der Waals surface area contributed by atoms with Gasteiger partial charge in [0.15, 0.2) is 0 Å². The van der Waals surface area contributed by atoms with Gasteiger partial charge in [-0.3, -0.25) is 0 Å². The lowest BCUT2D eigenvalue weighted by molar-refractivity contribution is 0.0696. The summed E-state index contributed by atoms with van der Waals surface area (Å²) in [4.78, 5) is 18.0. The fourth-order valence-electron chi connectivity index (χ4n) is 2.65. The number of likely N-dealkylation sites (N-methyl/N-ethyl adjacent to an activating group) is 1. The zero-order valence-corrected chi connectivity index (χ0v) is 12.2. The molecule has 1 aromatic heterocycles. The third-order valence-corrected chi connectivity index (χ3v) is 3.82. The summed E-state index contributed by atoms with van der Waals surface area (Å²) in [5, 5.41) is 12.5. The maximum Gasteiger partial charge on any atom is 0.335 e. The van der Waals surface area contributed by atoms with Crippen LogP contribution in [0.25, 0.3) is 0 Å². The van der Waals surface area contributed by atoms with Crippen molar-refractivity contribution >= 4 is 11.8 Å². The van der Waals surface area contributed by atoms with Crippen LogP contribution in [0.2, 0.25) is 0 Å². The summed E-state index contributed by atoms with van der Waals surface area (Å²) in [7, 11) is 2.13. The van der Waals surface area contributed by atoms with Crippen molar-refractivity contribution in [2.24, 2.45) is 0 Å². The molecule has 20 heavy (non-hydrogen) atoms. The summed E-state index contributed by atoms with van der Waals surface area (Å²) in [6.07, 6.45) is 4.18. The summed E-state index contributed by atoms with van der Waals surface area (Å²) < 4.78 is 0. The molecule has 2 rings (SSSR count). The van der Waals surface area contributed by atoms with Crippen molar-refractivity contribution in [1.82, 2.24) is 9.88 Å². The van der Waals surface area contributed by atoms with Crippen LogP contribution in [0, 0.1) is 0 Å². The summed E-state index contributed by atoms with van der Waals surface area (Å²) in [5.41, 5.74) is 1.15. The molecule has 0 saturated carbocycles. The van der Waals surface area contributed by atoms with E-state index in [0.717, 1.165) is 31.6 Å². The predicted octanol–water partition coefficient (Wildman–Crippen LogP) is 2.24. The first-order valence-corrected chi connectivity index (χ1v) is 7.28. The molecule has 1 fully saturated rings. The molecule has 0 aromatic carbocycles. The number of aromatic nitrogens is 1. The number of hydrogen-bond donors (Lipinski definition) is 2. The minimum Gasteiger partial charge on any atom is -0.478 e. The van der Waals surface area contributed by atoms with Gasteiger partial charge in [0, 0.05) is 18.3 Å². The Morgan fingerprint density at radius 1 is 1.55 bits per heavy atom. The minimum atomic E-state index is -0.897. The largest absolute Gasteiger partial charge is 0.478 e. The van der Waals surface area contributed by atoms with Crippen molar-refractivity contribution in [3.8, 4) is 0 Å². The van der Waals surface area contributed by atoms with Gasteiger partial charge in [0.05, 0.1) is 5.56 Å². The van der Waals surface area contributed by atoms with Crippen molar-refractivity contribution in [3.05, 3.63) is 23.4 Å². The zero-order chi connectivity index (χ0) is 14.5. The lowest BCUT2D eigenvalue weighted by Crippen LogP contribution is -2.31. The van der Waals surface area contributed by atoms with Gasteiger partial charge >= 0.3 is 5.97 Å². The van der Waals surface area contributed by atoms with Gasteiger partial charge in [0.1, 0.15) is 5.82 Å². The monoisotopic (exact) mass is 277 g/mol. The average Bonchev–Trinajstić information content (AvgIpc) is 2.82. The van der Waals surface area contributed by atoms with Crippen LogP contribution in [0.3, 0.4) is 0 Å². The van der Waals surface area contributed by atoms with E-state index in [0.29, 0.717) is 17.4 Å². The smallest absolute Gasteiger partial charge is 0.335 e. The molecule has 5 heteroatoms. The number of likely N-dealkylation sites (tertiary alicyclic amines) is 1. The van der Waals surface area contributed by atoms with Crippen LogP contribution >= 0.6 is 0 Å². The fraction of sp³-hybridized carbons (Fsp3) is 0.600. The van der Waals surface area contributed by atoms with Gasteiger partial charge in [-0.1, -0.05) is 13.3 Å². The van der Waals surface area contributed by atoms with Crippen LogP contribution in [-0.2, 0) is 6.42 Å². The van der Waals surface area contributed by atoms with Crippen LogP contribution < -0.4 is 5.32 Å². The lowest BCUT2D eigenvalue weighted by atomic mass is 10.1. The highest BCUT2D eigenvalue weighted by Gasteiger charge is 2.20. The molecule has 0 radical (unpaired) electrons. The van der Waals surface area contributed by atoms with Crippen LogP contribution in [0.1, 0.15) is 42.2 Å².